The van der Waals surface area contributed by atoms with Gasteiger partial charge in [0.05, 0.1) is 24.4 Å². The van der Waals surface area contributed by atoms with Gasteiger partial charge in [-0.25, -0.2) is 4.79 Å². The van der Waals surface area contributed by atoms with Crippen LogP contribution in [0, 0.1) is 11.8 Å². The van der Waals surface area contributed by atoms with E-state index >= 15 is 0 Å². The summed E-state index contributed by atoms with van der Waals surface area (Å²) in [5.74, 6) is -1.50. The van der Waals surface area contributed by atoms with Crippen LogP contribution in [0.15, 0.2) is 23.5 Å². The Kier molecular flexibility index (Phi) is 4.80. The fraction of sp³-hybridized carbons (Fsp3) is 0.643. The van der Waals surface area contributed by atoms with Gasteiger partial charge >= 0.3 is 5.97 Å². The van der Waals surface area contributed by atoms with E-state index in [1.165, 1.54) is 6.26 Å². The second kappa shape index (κ2) is 6.39. The normalized spacial score (nSPS) is 30.1. The molecule has 0 saturated heterocycles. The maximum absolute atomic E-state index is 11.2. The van der Waals surface area contributed by atoms with E-state index in [9.17, 15) is 15.0 Å². The largest absolute Gasteiger partial charge is 0.478 e. The number of carboxylic acids is 1. The molecular weight excluding hydrogens is 264 g/mol. The summed E-state index contributed by atoms with van der Waals surface area (Å²) in [6.07, 6.45) is 2.60. The second-order valence-electron chi connectivity index (χ2n) is 4.85. The van der Waals surface area contributed by atoms with Gasteiger partial charge in [-0.05, 0) is 25.8 Å². The molecule has 2 N–H and O–H groups in total. The van der Waals surface area contributed by atoms with Gasteiger partial charge in [-0.2, -0.15) is 0 Å². The SMILES string of the molecule is CCOC(C)OC1OC=C(C(=O)O)C2CC=C(CO)[C@@H]12. The highest BCUT2D eigenvalue weighted by atomic mass is 16.8. The highest BCUT2D eigenvalue weighted by Gasteiger charge is 2.44. The van der Waals surface area contributed by atoms with Gasteiger partial charge in [0.1, 0.15) is 0 Å². The molecule has 1 heterocycles. The Bertz CT molecular complexity index is 427. The van der Waals surface area contributed by atoms with E-state index in [0.717, 1.165) is 5.57 Å². The van der Waals surface area contributed by atoms with Crippen molar-refractivity contribution in [3.8, 4) is 0 Å². The lowest BCUT2D eigenvalue weighted by Crippen LogP contribution is -2.39. The topological polar surface area (TPSA) is 85.2 Å². The van der Waals surface area contributed by atoms with Gasteiger partial charge in [-0.1, -0.05) is 6.08 Å². The molecule has 20 heavy (non-hydrogen) atoms. The van der Waals surface area contributed by atoms with Gasteiger partial charge in [0.25, 0.3) is 0 Å². The quantitative estimate of drug-likeness (QED) is 0.564. The van der Waals surface area contributed by atoms with E-state index in [2.05, 4.69) is 0 Å². The zero-order valence-electron chi connectivity index (χ0n) is 11.6. The van der Waals surface area contributed by atoms with E-state index in [1.807, 2.05) is 13.0 Å². The third-order valence-corrected chi connectivity index (χ3v) is 3.67. The van der Waals surface area contributed by atoms with Crippen molar-refractivity contribution in [2.45, 2.75) is 32.8 Å². The van der Waals surface area contributed by atoms with E-state index in [4.69, 9.17) is 14.2 Å². The first-order chi connectivity index (χ1) is 9.58. The Morgan fingerprint density at radius 1 is 1.60 bits per heavy atom. The summed E-state index contributed by atoms with van der Waals surface area (Å²) in [4.78, 5) is 11.2. The minimum atomic E-state index is -0.996. The lowest BCUT2D eigenvalue weighted by Gasteiger charge is -2.35. The standard InChI is InChI=1S/C14H20O6/c1-3-18-8(2)20-14-12-9(6-15)4-5-10(12)11(7-19-14)13(16)17/h4,7-8,10,12,14-15H,3,5-6H2,1-2H3,(H,16,17)/t8?,10?,12-,14?/m1/s1. The summed E-state index contributed by atoms with van der Waals surface area (Å²) in [6, 6.07) is 0. The molecule has 6 nitrogen and oxygen atoms in total. The number of hydrogen-bond acceptors (Lipinski definition) is 5. The van der Waals surface area contributed by atoms with Crippen molar-refractivity contribution < 1.29 is 29.2 Å². The van der Waals surface area contributed by atoms with Gasteiger partial charge in [-0.15, -0.1) is 0 Å². The molecule has 0 saturated carbocycles. The van der Waals surface area contributed by atoms with Crippen molar-refractivity contribution in [1.82, 2.24) is 0 Å². The van der Waals surface area contributed by atoms with Crippen LogP contribution in [0.1, 0.15) is 20.3 Å². The van der Waals surface area contributed by atoms with Crippen LogP contribution in [-0.2, 0) is 19.0 Å². The van der Waals surface area contributed by atoms with Crippen LogP contribution < -0.4 is 0 Å². The molecule has 0 bridgehead atoms. The lowest BCUT2D eigenvalue weighted by atomic mass is 9.83. The average Bonchev–Trinajstić information content (AvgIpc) is 2.83. The highest BCUT2D eigenvalue weighted by Crippen LogP contribution is 2.43. The molecule has 2 rings (SSSR count). The van der Waals surface area contributed by atoms with Gasteiger partial charge in [0, 0.05) is 12.5 Å². The number of aliphatic hydroxyl groups is 1. The molecule has 0 aromatic carbocycles. The number of aliphatic carboxylic acids is 1. The molecule has 4 atom stereocenters. The molecule has 6 heteroatoms. The number of fused-ring (bicyclic) bond motifs is 1. The number of rotatable bonds is 6. The smallest absolute Gasteiger partial charge is 0.335 e. The van der Waals surface area contributed by atoms with Crippen LogP contribution in [-0.4, -0.2) is 42.0 Å². The summed E-state index contributed by atoms with van der Waals surface area (Å²) >= 11 is 0. The Labute approximate surface area is 117 Å². The summed E-state index contributed by atoms with van der Waals surface area (Å²) in [5.41, 5.74) is 0.981. The van der Waals surface area contributed by atoms with Crippen molar-refractivity contribution in [3.63, 3.8) is 0 Å². The number of allylic oxidation sites excluding steroid dienone is 1. The zero-order valence-corrected chi connectivity index (χ0v) is 11.6. The van der Waals surface area contributed by atoms with E-state index in [0.29, 0.717) is 13.0 Å². The Balaban J connectivity index is 2.17. The van der Waals surface area contributed by atoms with Crippen LogP contribution in [0.2, 0.25) is 0 Å². The van der Waals surface area contributed by atoms with Gasteiger partial charge < -0.3 is 24.4 Å². The average molecular weight is 284 g/mol. The first-order valence-corrected chi connectivity index (χ1v) is 6.74. The fourth-order valence-corrected chi connectivity index (χ4v) is 2.78. The summed E-state index contributed by atoms with van der Waals surface area (Å²) in [6.45, 7) is 4.01. The second-order valence-corrected chi connectivity index (χ2v) is 4.85. The van der Waals surface area contributed by atoms with Crippen molar-refractivity contribution in [2.24, 2.45) is 11.8 Å². The lowest BCUT2D eigenvalue weighted by molar-refractivity contribution is -0.242. The van der Waals surface area contributed by atoms with Crippen molar-refractivity contribution in [3.05, 3.63) is 23.5 Å². The van der Waals surface area contributed by atoms with Crippen molar-refractivity contribution in [2.75, 3.05) is 13.2 Å². The van der Waals surface area contributed by atoms with E-state index in [-0.39, 0.29) is 24.0 Å². The minimum absolute atomic E-state index is 0.125. The third kappa shape index (κ3) is 2.87. The molecule has 0 aromatic rings. The fourth-order valence-electron chi connectivity index (χ4n) is 2.78. The van der Waals surface area contributed by atoms with Crippen LogP contribution >= 0.6 is 0 Å². The number of hydrogen-bond donors (Lipinski definition) is 2. The Morgan fingerprint density at radius 3 is 2.95 bits per heavy atom. The third-order valence-electron chi connectivity index (χ3n) is 3.67. The van der Waals surface area contributed by atoms with Crippen molar-refractivity contribution in [1.29, 1.82) is 0 Å². The molecule has 1 aliphatic heterocycles. The van der Waals surface area contributed by atoms with Crippen molar-refractivity contribution >= 4 is 5.97 Å². The monoisotopic (exact) mass is 284 g/mol. The Morgan fingerprint density at radius 2 is 2.35 bits per heavy atom. The molecule has 0 aromatic heterocycles. The van der Waals surface area contributed by atoms with Gasteiger partial charge in [0.15, 0.2) is 6.29 Å². The molecule has 112 valence electrons. The number of ether oxygens (including phenoxy) is 3. The van der Waals surface area contributed by atoms with Gasteiger partial charge in [-0.3, -0.25) is 0 Å². The molecule has 0 amide bonds. The number of aliphatic hydroxyl groups excluding tert-OH is 1. The van der Waals surface area contributed by atoms with Crippen LogP contribution in [0.25, 0.3) is 0 Å². The predicted molar refractivity (Wildman–Crippen MR) is 69.5 cm³/mol. The predicted octanol–water partition coefficient (Wildman–Crippen LogP) is 1.27. The molecule has 2 aliphatic rings. The molecule has 1 aliphatic carbocycles. The first kappa shape index (κ1) is 15.0. The summed E-state index contributed by atoms with van der Waals surface area (Å²) in [5, 5.41) is 18.6. The summed E-state index contributed by atoms with van der Waals surface area (Å²) < 4.78 is 16.4. The van der Waals surface area contributed by atoms with Gasteiger partial charge in [0.2, 0.25) is 6.29 Å². The van der Waals surface area contributed by atoms with Crippen LogP contribution in [0.4, 0.5) is 0 Å². The molecule has 0 fully saturated rings. The first-order valence-electron chi connectivity index (χ1n) is 6.74. The molecule has 0 spiro atoms. The minimum Gasteiger partial charge on any atom is -0.478 e. The highest BCUT2D eigenvalue weighted by molar-refractivity contribution is 5.87. The maximum Gasteiger partial charge on any atom is 0.335 e. The zero-order chi connectivity index (χ0) is 14.7. The van der Waals surface area contributed by atoms with E-state index in [1.54, 1.807) is 6.92 Å². The van der Waals surface area contributed by atoms with Crippen LogP contribution in [0.5, 0.6) is 0 Å². The number of carboxylic acid groups (broad SMARTS) is 1. The number of carbonyl (C=O) groups is 1. The molecular formula is C14H20O6. The molecule has 0 radical (unpaired) electrons. The Hall–Kier alpha value is -1.37. The molecule has 3 unspecified atom stereocenters. The maximum atomic E-state index is 11.2. The van der Waals surface area contributed by atoms with E-state index < -0.39 is 18.5 Å². The summed E-state index contributed by atoms with van der Waals surface area (Å²) in [7, 11) is 0. The van der Waals surface area contributed by atoms with Crippen LogP contribution in [0.3, 0.4) is 0 Å².